The summed E-state index contributed by atoms with van der Waals surface area (Å²) in [5.74, 6) is -0.595. The minimum Gasteiger partial charge on any atom is -0.343 e. The Morgan fingerprint density at radius 2 is 1.76 bits per heavy atom. The smallest absolute Gasteiger partial charge is 0.270 e. The normalized spacial score (nSPS) is 17.1. The number of carbonyl (C=O) groups excluding carboxylic acids is 3. The van der Waals surface area contributed by atoms with Gasteiger partial charge in [-0.3, -0.25) is 19.3 Å². The fourth-order valence-electron chi connectivity index (χ4n) is 4.24. The van der Waals surface area contributed by atoms with Crippen molar-refractivity contribution >= 4 is 28.5 Å². The number of carbonyl (C=O) groups is 3. The average Bonchev–Trinajstić information content (AvgIpc) is 3.16. The molecule has 1 aliphatic rings. The van der Waals surface area contributed by atoms with Crippen LogP contribution in [0.2, 0.25) is 0 Å². The molecule has 1 unspecified atom stereocenters. The highest BCUT2D eigenvalue weighted by molar-refractivity contribution is 5.99. The molecule has 1 aliphatic heterocycles. The van der Waals surface area contributed by atoms with Gasteiger partial charge in [0.1, 0.15) is 17.8 Å². The van der Waals surface area contributed by atoms with E-state index < -0.39 is 18.0 Å². The molecule has 2 aromatic carbocycles. The van der Waals surface area contributed by atoms with E-state index in [2.05, 4.69) is 15.6 Å². The number of benzene rings is 2. The molecule has 0 spiro atoms. The molecule has 2 heterocycles. The molecule has 34 heavy (non-hydrogen) atoms. The molecular formula is C27H30N4O3. The minimum absolute atomic E-state index is 0.0184. The standard InChI is InChI=1S/C27H30N4O3/c1-18(2)14-23(29-26(33)22-13-12-20-10-6-7-11-21(20)28-22)27(34)30-24-16-31(17-25(24)32)15-19-8-4-3-5-9-19/h3-13,18,23-24H,14-17H2,1-2H3,(H,29,33)(H,30,34)/t23-,24?/m0/s1. The Kier molecular flexibility index (Phi) is 7.33. The topological polar surface area (TPSA) is 91.4 Å². The Hall–Kier alpha value is -3.58. The first kappa shape index (κ1) is 23.6. The number of para-hydroxylation sites is 1. The zero-order chi connectivity index (χ0) is 24.1. The van der Waals surface area contributed by atoms with Gasteiger partial charge in [0, 0.05) is 18.5 Å². The maximum Gasteiger partial charge on any atom is 0.270 e. The van der Waals surface area contributed by atoms with Crippen LogP contribution in [0.25, 0.3) is 10.9 Å². The number of likely N-dealkylation sites (tertiary alicyclic amines) is 1. The molecule has 0 radical (unpaired) electrons. The molecule has 1 aromatic heterocycles. The van der Waals surface area contributed by atoms with Gasteiger partial charge in [-0.25, -0.2) is 4.98 Å². The number of amides is 2. The number of Topliss-reactive ketones (excluding diaryl/α,β-unsaturated/α-hetero) is 1. The summed E-state index contributed by atoms with van der Waals surface area (Å²) in [7, 11) is 0. The van der Waals surface area contributed by atoms with Crippen molar-refractivity contribution in [3.05, 3.63) is 78.0 Å². The fraction of sp³-hybridized carbons (Fsp3) is 0.333. The minimum atomic E-state index is -0.753. The summed E-state index contributed by atoms with van der Waals surface area (Å²) in [6.45, 7) is 5.38. The predicted molar refractivity (Wildman–Crippen MR) is 131 cm³/mol. The largest absolute Gasteiger partial charge is 0.343 e. The lowest BCUT2D eigenvalue weighted by Gasteiger charge is -2.22. The highest BCUT2D eigenvalue weighted by Crippen LogP contribution is 2.14. The summed E-state index contributed by atoms with van der Waals surface area (Å²) >= 11 is 0. The lowest BCUT2D eigenvalue weighted by Crippen LogP contribution is -2.52. The highest BCUT2D eigenvalue weighted by Gasteiger charge is 2.34. The second-order valence-electron chi connectivity index (χ2n) is 9.23. The van der Waals surface area contributed by atoms with Crippen LogP contribution in [0.4, 0.5) is 0 Å². The summed E-state index contributed by atoms with van der Waals surface area (Å²) < 4.78 is 0. The summed E-state index contributed by atoms with van der Waals surface area (Å²) in [5.41, 5.74) is 2.09. The van der Waals surface area contributed by atoms with Crippen LogP contribution in [-0.4, -0.2) is 52.7 Å². The molecule has 1 saturated heterocycles. The van der Waals surface area contributed by atoms with Crippen molar-refractivity contribution in [3.63, 3.8) is 0 Å². The molecule has 4 rings (SSSR count). The Morgan fingerprint density at radius 3 is 2.53 bits per heavy atom. The van der Waals surface area contributed by atoms with E-state index in [1.54, 1.807) is 6.07 Å². The van der Waals surface area contributed by atoms with Crippen molar-refractivity contribution in [2.24, 2.45) is 5.92 Å². The van der Waals surface area contributed by atoms with Gasteiger partial charge < -0.3 is 10.6 Å². The van der Waals surface area contributed by atoms with Gasteiger partial charge in [-0.15, -0.1) is 0 Å². The molecule has 176 valence electrons. The fourth-order valence-corrected chi connectivity index (χ4v) is 4.24. The van der Waals surface area contributed by atoms with Crippen LogP contribution in [0.3, 0.4) is 0 Å². The van der Waals surface area contributed by atoms with Crippen LogP contribution in [0.1, 0.15) is 36.3 Å². The number of hydrogen-bond acceptors (Lipinski definition) is 5. The van der Waals surface area contributed by atoms with E-state index in [0.717, 1.165) is 16.5 Å². The van der Waals surface area contributed by atoms with E-state index >= 15 is 0 Å². The van der Waals surface area contributed by atoms with Crippen LogP contribution in [0, 0.1) is 5.92 Å². The van der Waals surface area contributed by atoms with E-state index in [9.17, 15) is 14.4 Å². The van der Waals surface area contributed by atoms with E-state index in [1.165, 1.54) is 0 Å². The van der Waals surface area contributed by atoms with Crippen molar-refractivity contribution in [1.29, 1.82) is 0 Å². The third kappa shape index (κ3) is 5.85. The van der Waals surface area contributed by atoms with Gasteiger partial charge in [-0.1, -0.05) is 68.4 Å². The van der Waals surface area contributed by atoms with Gasteiger partial charge in [0.15, 0.2) is 5.78 Å². The van der Waals surface area contributed by atoms with Crippen LogP contribution >= 0.6 is 0 Å². The zero-order valence-electron chi connectivity index (χ0n) is 19.5. The second-order valence-corrected chi connectivity index (χ2v) is 9.23. The number of nitrogens with zero attached hydrogens (tertiary/aromatic N) is 2. The summed E-state index contributed by atoms with van der Waals surface area (Å²) in [5, 5.41) is 6.64. The van der Waals surface area contributed by atoms with Crippen molar-refractivity contribution in [3.8, 4) is 0 Å². The van der Waals surface area contributed by atoms with Gasteiger partial charge in [0.2, 0.25) is 5.91 Å². The summed E-state index contributed by atoms with van der Waals surface area (Å²) in [4.78, 5) is 45.0. The second kappa shape index (κ2) is 10.6. The number of aromatic nitrogens is 1. The maximum atomic E-state index is 13.1. The zero-order valence-corrected chi connectivity index (χ0v) is 19.5. The molecule has 0 saturated carbocycles. The van der Waals surface area contributed by atoms with Crippen molar-refractivity contribution < 1.29 is 14.4 Å². The maximum absolute atomic E-state index is 13.1. The van der Waals surface area contributed by atoms with Crippen molar-refractivity contribution in [2.45, 2.75) is 38.9 Å². The molecule has 1 fully saturated rings. The van der Waals surface area contributed by atoms with Crippen LogP contribution < -0.4 is 10.6 Å². The lowest BCUT2D eigenvalue weighted by molar-refractivity contribution is -0.127. The van der Waals surface area contributed by atoms with Gasteiger partial charge in [0.05, 0.1) is 12.1 Å². The number of nitrogens with one attached hydrogen (secondary N) is 2. The summed E-state index contributed by atoms with van der Waals surface area (Å²) in [6.07, 6.45) is 0.458. The van der Waals surface area contributed by atoms with Crippen LogP contribution in [0.15, 0.2) is 66.7 Å². The van der Waals surface area contributed by atoms with Crippen LogP contribution in [0.5, 0.6) is 0 Å². The van der Waals surface area contributed by atoms with Crippen molar-refractivity contribution in [2.75, 3.05) is 13.1 Å². The first-order valence-electron chi connectivity index (χ1n) is 11.6. The van der Waals surface area contributed by atoms with Gasteiger partial charge in [0.25, 0.3) is 5.91 Å². The van der Waals surface area contributed by atoms with E-state index in [4.69, 9.17) is 0 Å². The van der Waals surface area contributed by atoms with Gasteiger partial charge in [-0.05, 0) is 30.0 Å². The SMILES string of the molecule is CC(C)C[C@H](NC(=O)c1ccc2ccccc2n1)C(=O)NC1CN(Cc2ccccc2)CC1=O. The molecule has 2 atom stereocenters. The third-order valence-corrected chi connectivity index (χ3v) is 5.93. The molecule has 3 aromatic rings. The molecular weight excluding hydrogens is 428 g/mol. The first-order valence-corrected chi connectivity index (χ1v) is 11.6. The molecule has 0 aliphatic carbocycles. The van der Waals surface area contributed by atoms with Gasteiger partial charge in [-0.2, -0.15) is 0 Å². The predicted octanol–water partition coefficient (Wildman–Crippen LogP) is 2.95. The Bertz CT molecular complexity index is 1180. The number of fused-ring (bicyclic) bond motifs is 1. The van der Waals surface area contributed by atoms with E-state index in [1.807, 2.05) is 79.4 Å². The molecule has 7 heteroatoms. The van der Waals surface area contributed by atoms with Crippen LogP contribution in [-0.2, 0) is 16.1 Å². The average molecular weight is 459 g/mol. The van der Waals surface area contributed by atoms with E-state index in [-0.39, 0.29) is 23.3 Å². The first-order chi connectivity index (χ1) is 16.4. The lowest BCUT2D eigenvalue weighted by atomic mass is 10.0. The van der Waals surface area contributed by atoms with E-state index in [0.29, 0.717) is 26.1 Å². The molecule has 7 nitrogen and oxygen atoms in total. The Balaban J connectivity index is 1.40. The summed E-state index contributed by atoms with van der Waals surface area (Å²) in [6, 6.07) is 19.6. The number of ketones is 1. The molecule has 2 amide bonds. The molecule has 2 N–H and O–H groups in total. The Labute approximate surface area is 199 Å². The molecule has 0 bridgehead atoms. The number of hydrogen-bond donors (Lipinski definition) is 2. The Morgan fingerprint density at radius 1 is 1.03 bits per heavy atom. The quantitative estimate of drug-likeness (QED) is 0.542. The third-order valence-electron chi connectivity index (χ3n) is 5.93. The number of rotatable bonds is 8. The number of pyridine rings is 1. The van der Waals surface area contributed by atoms with Gasteiger partial charge >= 0.3 is 0 Å². The monoisotopic (exact) mass is 458 g/mol. The highest BCUT2D eigenvalue weighted by atomic mass is 16.2. The van der Waals surface area contributed by atoms with Crippen molar-refractivity contribution in [1.82, 2.24) is 20.5 Å².